The number of anilines is 1. The Morgan fingerprint density at radius 3 is 2.76 bits per heavy atom. The maximum Gasteiger partial charge on any atom is 0.247 e. The third-order valence-electron chi connectivity index (χ3n) is 7.12. The minimum Gasteiger partial charge on any atom is -0.420 e. The molecule has 8 heteroatoms. The second-order valence-electron chi connectivity index (χ2n) is 9.59. The number of rotatable bonds is 6. The van der Waals surface area contributed by atoms with Crippen molar-refractivity contribution in [2.75, 3.05) is 25.4 Å². The van der Waals surface area contributed by atoms with Crippen LogP contribution in [0.4, 0.5) is 5.69 Å². The molecule has 0 bridgehead atoms. The number of benzene rings is 1. The minimum atomic E-state index is 0.268. The van der Waals surface area contributed by atoms with Gasteiger partial charge in [-0.25, -0.2) is 4.98 Å². The molecule has 7 nitrogen and oxygen atoms in total. The molecule has 1 unspecified atom stereocenters. The van der Waals surface area contributed by atoms with Crippen LogP contribution in [0.2, 0.25) is 5.15 Å². The molecule has 2 fully saturated rings. The number of nitrogens with one attached hydrogen (secondary N) is 1. The van der Waals surface area contributed by atoms with E-state index >= 15 is 0 Å². The number of halogens is 1. The van der Waals surface area contributed by atoms with Crippen LogP contribution in [0.1, 0.15) is 67.9 Å². The van der Waals surface area contributed by atoms with Crippen LogP contribution in [-0.4, -0.2) is 45.4 Å². The molecule has 0 radical (unpaired) electrons. The SMILES string of the molecule is N=C(c1ccnc(Cl)c1)c1cc(-c2nnc(C3CCCN(CC4CCCCC4)C3)o2)ccc1N. The molecule has 0 spiro atoms. The van der Waals surface area contributed by atoms with Gasteiger partial charge in [0.2, 0.25) is 11.8 Å². The second-order valence-corrected chi connectivity index (χ2v) is 9.98. The van der Waals surface area contributed by atoms with E-state index in [2.05, 4.69) is 20.1 Å². The fourth-order valence-electron chi connectivity index (χ4n) is 5.29. The van der Waals surface area contributed by atoms with Crippen LogP contribution in [0.3, 0.4) is 0 Å². The molecule has 178 valence electrons. The lowest BCUT2D eigenvalue weighted by Crippen LogP contribution is -2.38. The van der Waals surface area contributed by atoms with Crippen molar-refractivity contribution in [3.63, 3.8) is 0 Å². The smallest absolute Gasteiger partial charge is 0.247 e. The topological polar surface area (TPSA) is 105 Å². The van der Waals surface area contributed by atoms with Gasteiger partial charge in [-0.05, 0) is 68.5 Å². The maximum absolute atomic E-state index is 8.62. The van der Waals surface area contributed by atoms with E-state index < -0.39 is 0 Å². The molecule has 2 aliphatic rings. The van der Waals surface area contributed by atoms with E-state index in [-0.39, 0.29) is 11.6 Å². The molecular weight excluding hydrogens is 448 g/mol. The molecule has 3 heterocycles. The summed E-state index contributed by atoms with van der Waals surface area (Å²) in [4.78, 5) is 6.58. The van der Waals surface area contributed by atoms with Crippen molar-refractivity contribution in [1.82, 2.24) is 20.1 Å². The summed E-state index contributed by atoms with van der Waals surface area (Å²) in [7, 11) is 0. The Labute approximate surface area is 205 Å². The third kappa shape index (κ3) is 5.15. The number of likely N-dealkylation sites (tertiary alicyclic amines) is 1. The van der Waals surface area contributed by atoms with Crippen LogP contribution in [0.15, 0.2) is 40.9 Å². The minimum absolute atomic E-state index is 0.268. The van der Waals surface area contributed by atoms with Gasteiger partial charge in [0.05, 0.1) is 11.6 Å². The number of nitrogens with two attached hydrogens (primary N) is 1. The van der Waals surface area contributed by atoms with Crippen LogP contribution in [0, 0.1) is 11.3 Å². The van der Waals surface area contributed by atoms with Gasteiger partial charge >= 0.3 is 0 Å². The molecule has 34 heavy (non-hydrogen) atoms. The number of pyridine rings is 1. The van der Waals surface area contributed by atoms with Crippen molar-refractivity contribution in [1.29, 1.82) is 5.41 Å². The Hall–Kier alpha value is -2.77. The summed E-state index contributed by atoms with van der Waals surface area (Å²) in [6.07, 6.45) is 10.7. The fraction of sp³-hybridized carbons (Fsp3) is 0.462. The first kappa shape index (κ1) is 23.0. The molecule has 5 rings (SSSR count). The molecule has 0 amide bonds. The Morgan fingerprint density at radius 2 is 1.94 bits per heavy atom. The van der Waals surface area contributed by atoms with Crippen molar-refractivity contribution in [3.8, 4) is 11.5 Å². The number of hydrogen-bond donors (Lipinski definition) is 2. The Balaban J connectivity index is 1.31. The largest absolute Gasteiger partial charge is 0.420 e. The normalized spacial score (nSPS) is 19.9. The lowest BCUT2D eigenvalue weighted by molar-refractivity contribution is 0.152. The van der Waals surface area contributed by atoms with Crippen LogP contribution < -0.4 is 5.73 Å². The zero-order chi connectivity index (χ0) is 23.5. The van der Waals surface area contributed by atoms with E-state index in [1.165, 1.54) is 38.6 Å². The average Bonchev–Trinajstić information content (AvgIpc) is 3.35. The summed E-state index contributed by atoms with van der Waals surface area (Å²) >= 11 is 6.01. The molecule has 3 aromatic rings. The van der Waals surface area contributed by atoms with E-state index in [0.29, 0.717) is 33.7 Å². The standard InChI is InChI=1S/C26H31ClN6O/c27-23-14-18(10-11-30-23)24(29)21-13-19(8-9-22(21)28)25-31-32-26(34-25)20-7-4-12-33(16-20)15-17-5-2-1-3-6-17/h8-11,13-14,17,20,29H,1-7,12,15-16,28H2. The van der Waals surface area contributed by atoms with Crippen LogP contribution >= 0.6 is 11.6 Å². The highest BCUT2D eigenvalue weighted by Crippen LogP contribution is 2.32. The van der Waals surface area contributed by atoms with E-state index in [0.717, 1.165) is 37.4 Å². The first-order valence-corrected chi connectivity index (χ1v) is 12.6. The van der Waals surface area contributed by atoms with Gasteiger partial charge in [0.25, 0.3) is 0 Å². The zero-order valence-electron chi connectivity index (χ0n) is 19.3. The Bertz CT molecular complexity index is 1160. The number of aromatic nitrogens is 3. The van der Waals surface area contributed by atoms with Gasteiger partial charge < -0.3 is 15.1 Å². The van der Waals surface area contributed by atoms with Gasteiger partial charge in [0, 0.05) is 41.7 Å². The second kappa shape index (κ2) is 10.2. The Morgan fingerprint density at radius 1 is 1.09 bits per heavy atom. The first-order valence-electron chi connectivity index (χ1n) is 12.2. The maximum atomic E-state index is 8.62. The summed E-state index contributed by atoms with van der Waals surface area (Å²) in [6.45, 7) is 3.34. The highest BCUT2D eigenvalue weighted by molar-refractivity contribution is 6.30. The summed E-state index contributed by atoms with van der Waals surface area (Å²) < 4.78 is 6.16. The lowest BCUT2D eigenvalue weighted by atomic mass is 9.88. The summed E-state index contributed by atoms with van der Waals surface area (Å²) in [6, 6.07) is 8.87. The first-order chi connectivity index (χ1) is 16.6. The molecule has 3 N–H and O–H groups in total. The molecule has 1 aliphatic heterocycles. The van der Waals surface area contributed by atoms with Crippen LogP contribution in [0.25, 0.3) is 11.5 Å². The monoisotopic (exact) mass is 478 g/mol. The van der Waals surface area contributed by atoms with Gasteiger partial charge in [-0.2, -0.15) is 0 Å². The summed E-state index contributed by atoms with van der Waals surface area (Å²) in [5.41, 5.74) is 8.97. The van der Waals surface area contributed by atoms with Gasteiger partial charge in [-0.3, -0.25) is 5.41 Å². The summed E-state index contributed by atoms with van der Waals surface area (Å²) in [5.74, 6) is 2.27. The van der Waals surface area contributed by atoms with Crippen molar-refractivity contribution >= 4 is 23.0 Å². The number of hydrogen-bond acceptors (Lipinski definition) is 7. The molecule has 1 atom stereocenters. The van der Waals surface area contributed by atoms with Crippen molar-refractivity contribution < 1.29 is 4.42 Å². The highest BCUT2D eigenvalue weighted by atomic mass is 35.5. The van der Waals surface area contributed by atoms with E-state index in [4.69, 9.17) is 27.2 Å². The highest BCUT2D eigenvalue weighted by Gasteiger charge is 2.28. The molecule has 1 aliphatic carbocycles. The lowest BCUT2D eigenvalue weighted by Gasteiger charge is -2.34. The zero-order valence-corrected chi connectivity index (χ0v) is 20.1. The Kier molecular flexibility index (Phi) is 6.92. The van der Waals surface area contributed by atoms with E-state index in [1.54, 1.807) is 24.4 Å². The predicted octanol–water partition coefficient (Wildman–Crippen LogP) is 5.54. The number of nitrogens with zero attached hydrogens (tertiary/aromatic N) is 4. The third-order valence-corrected chi connectivity index (χ3v) is 7.33. The van der Waals surface area contributed by atoms with Crippen LogP contribution in [-0.2, 0) is 0 Å². The van der Waals surface area contributed by atoms with Gasteiger partial charge in [-0.1, -0.05) is 30.9 Å². The van der Waals surface area contributed by atoms with Crippen molar-refractivity contribution in [3.05, 3.63) is 58.7 Å². The molecule has 1 saturated heterocycles. The van der Waals surface area contributed by atoms with Gasteiger partial charge in [-0.15, -0.1) is 10.2 Å². The molecule has 1 aromatic carbocycles. The molecular formula is C26H31ClN6O. The van der Waals surface area contributed by atoms with E-state index in [1.807, 2.05) is 12.1 Å². The van der Waals surface area contributed by atoms with Crippen molar-refractivity contribution in [2.24, 2.45) is 5.92 Å². The summed E-state index contributed by atoms with van der Waals surface area (Å²) in [5, 5.41) is 17.7. The fourth-order valence-corrected chi connectivity index (χ4v) is 5.47. The van der Waals surface area contributed by atoms with Crippen LogP contribution in [0.5, 0.6) is 0 Å². The van der Waals surface area contributed by atoms with Crippen molar-refractivity contribution in [2.45, 2.75) is 50.9 Å². The van der Waals surface area contributed by atoms with E-state index in [9.17, 15) is 0 Å². The number of piperidine rings is 1. The number of nitrogen functional groups attached to an aromatic ring is 1. The van der Waals surface area contributed by atoms with Gasteiger partial charge in [0.1, 0.15) is 5.15 Å². The average molecular weight is 479 g/mol. The molecule has 1 saturated carbocycles. The molecule has 2 aromatic heterocycles. The van der Waals surface area contributed by atoms with Gasteiger partial charge in [0.15, 0.2) is 0 Å². The predicted molar refractivity (Wildman–Crippen MR) is 134 cm³/mol. The quantitative estimate of drug-likeness (QED) is 0.273.